The smallest absolute Gasteiger partial charge is 0.340 e. The van der Waals surface area contributed by atoms with Crippen LogP contribution in [0.1, 0.15) is 16.8 Å². The summed E-state index contributed by atoms with van der Waals surface area (Å²) in [5, 5.41) is 0. The molecule has 10 heteroatoms. The van der Waals surface area contributed by atoms with Gasteiger partial charge in [-0.3, -0.25) is 4.79 Å². The molecule has 2 N–H and O–H groups in total. The summed E-state index contributed by atoms with van der Waals surface area (Å²) in [4.78, 5) is 17.3. The zero-order chi connectivity index (χ0) is 16.3. The standard InChI is InChI=1S/C13H15F4N3O2.ClH/c14-12(15)13(16,17)7-22-10-2-1-8(5-19-10)11(21)20-4-3-9(18)6-20;/h1-2,5,9,12H,3-4,6-7,18H2;1H/t9-;/m1./s1. The fourth-order valence-electron chi connectivity index (χ4n) is 1.98. The van der Waals surface area contributed by atoms with Crippen molar-refractivity contribution in [3.63, 3.8) is 0 Å². The Morgan fingerprint density at radius 1 is 1.48 bits per heavy atom. The minimum atomic E-state index is -4.25. The number of hydrogen-bond acceptors (Lipinski definition) is 4. The average molecular weight is 358 g/mol. The normalized spacial score (nSPS) is 18.0. The van der Waals surface area contributed by atoms with Crippen LogP contribution in [0.2, 0.25) is 0 Å². The van der Waals surface area contributed by atoms with Crippen LogP contribution in [0.15, 0.2) is 18.3 Å². The molecule has 1 aliphatic rings. The number of pyridine rings is 1. The Morgan fingerprint density at radius 2 is 2.17 bits per heavy atom. The summed E-state index contributed by atoms with van der Waals surface area (Å²) in [6.45, 7) is -0.498. The first kappa shape index (κ1) is 19.4. The van der Waals surface area contributed by atoms with Crippen LogP contribution in [0.25, 0.3) is 0 Å². The van der Waals surface area contributed by atoms with E-state index in [9.17, 15) is 22.4 Å². The molecule has 0 aromatic carbocycles. The Labute approximate surface area is 136 Å². The average Bonchev–Trinajstić information content (AvgIpc) is 2.91. The maximum Gasteiger partial charge on any atom is 0.340 e. The molecule has 2 rings (SSSR count). The van der Waals surface area contributed by atoms with E-state index in [1.54, 1.807) is 4.90 Å². The molecule has 1 saturated heterocycles. The Balaban J connectivity index is 0.00000264. The predicted molar refractivity (Wildman–Crippen MR) is 76.4 cm³/mol. The molecule has 1 aliphatic heterocycles. The van der Waals surface area contributed by atoms with Gasteiger partial charge >= 0.3 is 12.3 Å². The second-order valence-corrected chi connectivity index (χ2v) is 5.04. The second-order valence-electron chi connectivity index (χ2n) is 5.04. The van der Waals surface area contributed by atoms with E-state index in [1.165, 1.54) is 12.1 Å². The highest BCUT2D eigenvalue weighted by molar-refractivity contribution is 5.94. The molecule has 1 amide bonds. The number of rotatable bonds is 5. The molecule has 0 aliphatic carbocycles. The maximum atomic E-state index is 12.7. The van der Waals surface area contributed by atoms with E-state index < -0.39 is 19.0 Å². The van der Waals surface area contributed by atoms with Gasteiger partial charge in [-0.15, -0.1) is 12.4 Å². The Bertz CT molecular complexity index is 530. The summed E-state index contributed by atoms with van der Waals surface area (Å²) >= 11 is 0. The number of halogens is 5. The van der Waals surface area contributed by atoms with Crippen molar-refractivity contribution in [1.29, 1.82) is 0 Å². The van der Waals surface area contributed by atoms with Gasteiger partial charge in [0, 0.05) is 31.4 Å². The molecule has 0 saturated carbocycles. The van der Waals surface area contributed by atoms with Crippen molar-refractivity contribution in [1.82, 2.24) is 9.88 Å². The van der Waals surface area contributed by atoms with Crippen molar-refractivity contribution in [2.45, 2.75) is 24.8 Å². The van der Waals surface area contributed by atoms with E-state index in [2.05, 4.69) is 9.72 Å². The number of likely N-dealkylation sites (tertiary alicyclic amines) is 1. The van der Waals surface area contributed by atoms with Gasteiger partial charge in [0.2, 0.25) is 5.88 Å². The zero-order valence-electron chi connectivity index (χ0n) is 11.9. The van der Waals surface area contributed by atoms with Gasteiger partial charge in [0.25, 0.3) is 5.91 Å². The van der Waals surface area contributed by atoms with E-state index in [-0.39, 0.29) is 35.8 Å². The lowest BCUT2D eigenvalue weighted by Crippen LogP contribution is -2.34. The first-order valence-electron chi connectivity index (χ1n) is 6.59. The highest BCUT2D eigenvalue weighted by Crippen LogP contribution is 2.23. The number of hydrogen-bond donors (Lipinski definition) is 1. The minimum absolute atomic E-state index is 0. The molecule has 130 valence electrons. The number of aromatic nitrogens is 1. The summed E-state index contributed by atoms with van der Waals surface area (Å²) in [5.74, 6) is -4.78. The van der Waals surface area contributed by atoms with Crippen molar-refractivity contribution in [3.05, 3.63) is 23.9 Å². The first-order valence-corrected chi connectivity index (χ1v) is 6.59. The number of nitrogens with zero attached hydrogens (tertiary/aromatic N) is 2. The molecule has 0 spiro atoms. The lowest BCUT2D eigenvalue weighted by molar-refractivity contribution is -0.148. The minimum Gasteiger partial charge on any atom is -0.471 e. The molecule has 0 radical (unpaired) electrons. The number of carbonyl (C=O) groups excluding carboxylic acids is 1. The van der Waals surface area contributed by atoms with Crippen LogP contribution in [0.5, 0.6) is 5.88 Å². The van der Waals surface area contributed by atoms with E-state index in [1.807, 2.05) is 0 Å². The number of amides is 1. The molecule has 2 heterocycles. The zero-order valence-corrected chi connectivity index (χ0v) is 12.7. The summed E-state index contributed by atoms with van der Waals surface area (Å²) in [6, 6.07) is 2.47. The third-order valence-corrected chi connectivity index (χ3v) is 3.23. The lowest BCUT2D eigenvalue weighted by atomic mass is 10.2. The molecular weight excluding hydrogens is 342 g/mol. The van der Waals surface area contributed by atoms with Crippen LogP contribution in [0, 0.1) is 0 Å². The van der Waals surface area contributed by atoms with E-state index in [0.717, 1.165) is 6.20 Å². The van der Waals surface area contributed by atoms with Crippen LogP contribution in [0.4, 0.5) is 17.6 Å². The van der Waals surface area contributed by atoms with Gasteiger partial charge in [0.15, 0.2) is 6.61 Å². The number of carbonyl (C=O) groups is 1. The van der Waals surface area contributed by atoms with Crippen LogP contribution >= 0.6 is 12.4 Å². The van der Waals surface area contributed by atoms with Gasteiger partial charge in [-0.1, -0.05) is 0 Å². The Hall–Kier alpha value is -1.61. The molecular formula is C13H16ClF4N3O2. The van der Waals surface area contributed by atoms with Gasteiger partial charge in [-0.25, -0.2) is 13.8 Å². The largest absolute Gasteiger partial charge is 0.471 e. The molecule has 5 nitrogen and oxygen atoms in total. The monoisotopic (exact) mass is 357 g/mol. The second kappa shape index (κ2) is 7.78. The van der Waals surface area contributed by atoms with Gasteiger partial charge in [-0.2, -0.15) is 8.78 Å². The number of ether oxygens (including phenoxy) is 1. The summed E-state index contributed by atoms with van der Waals surface area (Å²) < 4.78 is 53.9. The summed E-state index contributed by atoms with van der Waals surface area (Å²) in [5.41, 5.74) is 5.96. The van der Waals surface area contributed by atoms with Crippen LogP contribution < -0.4 is 10.5 Å². The first-order chi connectivity index (χ1) is 10.3. The molecule has 1 aromatic heterocycles. The topological polar surface area (TPSA) is 68.5 Å². The van der Waals surface area contributed by atoms with Crippen LogP contribution in [-0.4, -0.2) is 53.9 Å². The Kier molecular flexibility index (Phi) is 6.57. The number of nitrogens with two attached hydrogens (primary N) is 1. The van der Waals surface area contributed by atoms with Gasteiger partial charge in [0.05, 0.1) is 5.56 Å². The summed E-state index contributed by atoms with van der Waals surface area (Å²) in [6.07, 6.45) is -1.95. The van der Waals surface area contributed by atoms with Gasteiger partial charge in [0.1, 0.15) is 0 Å². The van der Waals surface area contributed by atoms with Crippen LogP contribution in [-0.2, 0) is 0 Å². The van der Waals surface area contributed by atoms with Crippen molar-refractivity contribution in [2.75, 3.05) is 19.7 Å². The SMILES string of the molecule is Cl.N[C@@H]1CCN(C(=O)c2ccc(OCC(F)(F)C(F)F)nc2)C1. The predicted octanol–water partition coefficient (Wildman–Crippen LogP) is 1.96. The lowest BCUT2D eigenvalue weighted by Gasteiger charge is -2.17. The fourth-order valence-corrected chi connectivity index (χ4v) is 1.98. The number of alkyl halides is 4. The molecule has 1 fully saturated rings. The van der Waals surface area contributed by atoms with Gasteiger partial charge < -0.3 is 15.4 Å². The highest BCUT2D eigenvalue weighted by atomic mass is 35.5. The summed E-state index contributed by atoms with van der Waals surface area (Å²) in [7, 11) is 0. The van der Waals surface area contributed by atoms with Gasteiger partial charge in [-0.05, 0) is 12.5 Å². The highest BCUT2D eigenvalue weighted by Gasteiger charge is 2.41. The molecule has 0 unspecified atom stereocenters. The van der Waals surface area contributed by atoms with Crippen molar-refractivity contribution in [2.24, 2.45) is 5.73 Å². The van der Waals surface area contributed by atoms with Crippen LogP contribution in [0.3, 0.4) is 0 Å². The molecule has 1 atom stereocenters. The van der Waals surface area contributed by atoms with E-state index >= 15 is 0 Å². The maximum absolute atomic E-state index is 12.7. The molecule has 0 bridgehead atoms. The van der Waals surface area contributed by atoms with Crippen molar-refractivity contribution < 1.29 is 27.1 Å². The fraction of sp³-hybridized carbons (Fsp3) is 0.538. The molecule has 1 aromatic rings. The van der Waals surface area contributed by atoms with E-state index in [4.69, 9.17) is 5.73 Å². The molecule has 23 heavy (non-hydrogen) atoms. The third-order valence-electron chi connectivity index (χ3n) is 3.23. The quantitative estimate of drug-likeness (QED) is 0.818. The third kappa shape index (κ3) is 4.93. The van der Waals surface area contributed by atoms with Crippen molar-refractivity contribution >= 4 is 18.3 Å². The van der Waals surface area contributed by atoms with E-state index in [0.29, 0.717) is 19.5 Å². The Morgan fingerprint density at radius 3 is 2.65 bits per heavy atom. The van der Waals surface area contributed by atoms with Crippen molar-refractivity contribution in [3.8, 4) is 5.88 Å².